The van der Waals surface area contributed by atoms with Crippen LogP contribution in [-0.4, -0.2) is 12.5 Å². The zero-order valence-electron chi connectivity index (χ0n) is 11.3. The van der Waals surface area contributed by atoms with E-state index in [1.165, 1.54) is 0 Å². The largest absolute Gasteiger partial charge is 0.307 e. The molecular weight excluding hydrogens is 296 g/mol. The predicted molar refractivity (Wildman–Crippen MR) is 77.9 cm³/mol. The van der Waals surface area contributed by atoms with Gasteiger partial charge in [-0.1, -0.05) is 29.8 Å². The molecule has 21 heavy (non-hydrogen) atoms. The third kappa shape index (κ3) is 2.29. The molecule has 108 valence electrons. The molecule has 0 saturated heterocycles. The van der Waals surface area contributed by atoms with E-state index in [2.05, 4.69) is 0 Å². The molecule has 3 rings (SSSR count). The molecule has 1 amide bonds. The molecule has 0 atom stereocenters. The highest BCUT2D eigenvalue weighted by atomic mass is 35.5. The molecule has 2 aromatic rings. The van der Waals surface area contributed by atoms with Gasteiger partial charge in [0.2, 0.25) is 0 Å². The zero-order chi connectivity index (χ0) is 15.1. The van der Waals surface area contributed by atoms with Gasteiger partial charge in [-0.25, -0.2) is 8.78 Å². The van der Waals surface area contributed by atoms with Crippen molar-refractivity contribution in [1.29, 1.82) is 0 Å². The summed E-state index contributed by atoms with van der Waals surface area (Å²) in [5.41, 5.74) is 2.86. The fraction of sp³-hybridized carbons (Fsp3) is 0.188. The number of hydrogen-bond donors (Lipinski definition) is 0. The molecule has 0 fully saturated rings. The normalized spacial score (nSPS) is 13.4. The molecule has 5 heteroatoms. The summed E-state index contributed by atoms with van der Waals surface area (Å²) >= 11 is 5.89. The predicted octanol–water partition coefficient (Wildman–Crippen LogP) is 4.13. The van der Waals surface area contributed by atoms with Crippen molar-refractivity contribution in [2.24, 2.45) is 0 Å². The summed E-state index contributed by atoms with van der Waals surface area (Å²) in [7, 11) is 0. The summed E-state index contributed by atoms with van der Waals surface area (Å²) in [6.45, 7) is 2.42. The van der Waals surface area contributed by atoms with E-state index in [0.29, 0.717) is 6.54 Å². The van der Waals surface area contributed by atoms with Crippen molar-refractivity contribution in [2.75, 3.05) is 11.4 Å². The summed E-state index contributed by atoms with van der Waals surface area (Å²) in [5.74, 6) is -2.55. The standard InChI is InChI=1S/C16H12ClF2NO/c1-9-3-2-4-10-5-6-20(15(9)10)16(21)11-7-13(18)14(19)8-12(11)17/h2-4,7-8H,5-6H2,1H3. The number of anilines is 1. The van der Waals surface area contributed by atoms with E-state index in [1.807, 2.05) is 25.1 Å². The van der Waals surface area contributed by atoms with Gasteiger partial charge in [-0.2, -0.15) is 0 Å². The lowest BCUT2D eigenvalue weighted by atomic mass is 10.1. The highest BCUT2D eigenvalue weighted by Gasteiger charge is 2.28. The number of halogens is 3. The minimum Gasteiger partial charge on any atom is -0.307 e. The lowest BCUT2D eigenvalue weighted by molar-refractivity contribution is 0.0989. The number of para-hydroxylation sites is 1. The maximum absolute atomic E-state index is 13.4. The summed E-state index contributed by atoms with van der Waals surface area (Å²) < 4.78 is 26.5. The molecule has 0 aliphatic carbocycles. The Kier molecular flexibility index (Phi) is 3.41. The highest BCUT2D eigenvalue weighted by Crippen LogP contribution is 2.33. The van der Waals surface area contributed by atoms with Gasteiger partial charge >= 0.3 is 0 Å². The Morgan fingerprint density at radius 2 is 1.95 bits per heavy atom. The maximum Gasteiger partial charge on any atom is 0.259 e. The second kappa shape index (κ2) is 5.11. The number of benzene rings is 2. The quantitative estimate of drug-likeness (QED) is 0.725. The molecule has 0 unspecified atom stereocenters. The van der Waals surface area contributed by atoms with Crippen LogP contribution in [0, 0.1) is 18.6 Å². The number of aryl methyl sites for hydroxylation is 1. The molecular formula is C16H12ClF2NO. The van der Waals surface area contributed by atoms with Crippen molar-refractivity contribution >= 4 is 23.2 Å². The molecule has 0 bridgehead atoms. The highest BCUT2D eigenvalue weighted by molar-refractivity contribution is 6.34. The van der Waals surface area contributed by atoms with Crippen LogP contribution in [0.1, 0.15) is 21.5 Å². The Hall–Kier alpha value is -1.94. The SMILES string of the molecule is Cc1cccc2c1N(C(=O)c1cc(F)c(F)cc1Cl)CC2. The molecule has 0 aromatic heterocycles. The smallest absolute Gasteiger partial charge is 0.259 e. The molecule has 1 heterocycles. The zero-order valence-corrected chi connectivity index (χ0v) is 12.0. The lowest BCUT2D eigenvalue weighted by Crippen LogP contribution is -2.29. The molecule has 0 spiro atoms. The van der Waals surface area contributed by atoms with Crippen molar-refractivity contribution in [3.05, 3.63) is 63.7 Å². The van der Waals surface area contributed by atoms with E-state index in [0.717, 1.165) is 35.4 Å². The Balaban J connectivity index is 2.05. The molecule has 1 aliphatic heterocycles. The monoisotopic (exact) mass is 307 g/mol. The van der Waals surface area contributed by atoms with Crippen LogP contribution >= 0.6 is 11.6 Å². The van der Waals surface area contributed by atoms with Crippen LogP contribution in [0.3, 0.4) is 0 Å². The second-order valence-electron chi connectivity index (χ2n) is 5.04. The van der Waals surface area contributed by atoms with Gasteiger partial charge in [0, 0.05) is 6.54 Å². The van der Waals surface area contributed by atoms with Crippen molar-refractivity contribution in [1.82, 2.24) is 0 Å². The number of amides is 1. The average Bonchev–Trinajstić information content (AvgIpc) is 2.87. The summed E-state index contributed by atoms with van der Waals surface area (Å²) in [5, 5.41) is -0.0825. The summed E-state index contributed by atoms with van der Waals surface area (Å²) in [6, 6.07) is 7.50. The number of nitrogens with zero attached hydrogens (tertiary/aromatic N) is 1. The number of carbonyl (C=O) groups excluding carboxylic acids is 1. The molecule has 0 N–H and O–H groups in total. The van der Waals surface area contributed by atoms with Crippen molar-refractivity contribution < 1.29 is 13.6 Å². The number of hydrogen-bond acceptors (Lipinski definition) is 1. The number of fused-ring (bicyclic) bond motifs is 1. The van der Waals surface area contributed by atoms with Crippen LogP contribution in [0.2, 0.25) is 5.02 Å². The minimum atomic E-state index is -1.08. The Labute approximate surface area is 125 Å². The van der Waals surface area contributed by atoms with Crippen LogP contribution < -0.4 is 4.90 Å². The van der Waals surface area contributed by atoms with Gasteiger partial charge in [-0.05, 0) is 36.6 Å². The van der Waals surface area contributed by atoms with Crippen LogP contribution in [0.4, 0.5) is 14.5 Å². The van der Waals surface area contributed by atoms with Crippen LogP contribution in [0.15, 0.2) is 30.3 Å². The minimum absolute atomic E-state index is 0.0216. The Bertz CT molecular complexity index is 745. The first-order valence-corrected chi connectivity index (χ1v) is 6.91. The average molecular weight is 308 g/mol. The molecule has 1 aliphatic rings. The van der Waals surface area contributed by atoms with E-state index in [9.17, 15) is 13.6 Å². The van der Waals surface area contributed by atoms with E-state index in [4.69, 9.17) is 11.6 Å². The first-order valence-electron chi connectivity index (χ1n) is 6.54. The number of rotatable bonds is 1. The second-order valence-corrected chi connectivity index (χ2v) is 5.44. The summed E-state index contributed by atoms with van der Waals surface area (Å²) in [6.07, 6.45) is 0.740. The van der Waals surface area contributed by atoms with Gasteiger partial charge in [-0.3, -0.25) is 4.79 Å². The van der Waals surface area contributed by atoms with Gasteiger partial charge < -0.3 is 4.90 Å². The lowest BCUT2D eigenvalue weighted by Gasteiger charge is -2.20. The van der Waals surface area contributed by atoms with Crippen molar-refractivity contribution in [3.8, 4) is 0 Å². The topological polar surface area (TPSA) is 20.3 Å². The van der Waals surface area contributed by atoms with Gasteiger partial charge in [0.15, 0.2) is 11.6 Å². The molecule has 2 aromatic carbocycles. The van der Waals surface area contributed by atoms with Crippen molar-refractivity contribution in [2.45, 2.75) is 13.3 Å². The van der Waals surface area contributed by atoms with Gasteiger partial charge in [0.05, 0.1) is 16.3 Å². The Morgan fingerprint density at radius 1 is 1.24 bits per heavy atom. The van der Waals surface area contributed by atoms with Crippen LogP contribution in [0.25, 0.3) is 0 Å². The molecule has 0 radical (unpaired) electrons. The Morgan fingerprint density at radius 3 is 2.71 bits per heavy atom. The molecule has 0 saturated carbocycles. The fourth-order valence-electron chi connectivity index (χ4n) is 2.69. The fourth-order valence-corrected chi connectivity index (χ4v) is 2.92. The van der Waals surface area contributed by atoms with Gasteiger partial charge in [-0.15, -0.1) is 0 Å². The maximum atomic E-state index is 13.4. The van der Waals surface area contributed by atoms with Gasteiger partial charge in [0.25, 0.3) is 5.91 Å². The van der Waals surface area contributed by atoms with E-state index in [-0.39, 0.29) is 10.6 Å². The van der Waals surface area contributed by atoms with Crippen LogP contribution in [0.5, 0.6) is 0 Å². The van der Waals surface area contributed by atoms with Crippen molar-refractivity contribution in [3.63, 3.8) is 0 Å². The first kappa shape index (κ1) is 14.0. The number of carbonyl (C=O) groups is 1. The molecule has 2 nitrogen and oxygen atoms in total. The summed E-state index contributed by atoms with van der Waals surface area (Å²) in [4.78, 5) is 14.2. The first-order chi connectivity index (χ1) is 9.99. The van der Waals surface area contributed by atoms with Gasteiger partial charge in [0.1, 0.15) is 0 Å². The van der Waals surface area contributed by atoms with E-state index >= 15 is 0 Å². The van der Waals surface area contributed by atoms with E-state index < -0.39 is 17.5 Å². The van der Waals surface area contributed by atoms with E-state index in [1.54, 1.807) is 4.90 Å². The third-order valence-corrected chi connectivity index (χ3v) is 3.99. The third-order valence-electron chi connectivity index (χ3n) is 3.68. The van der Waals surface area contributed by atoms with Crippen LogP contribution in [-0.2, 0) is 6.42 Å².